The van der Waals surface area contributed by atoms with Gasteiger partial charge in [-0.15, -0.1) is 0 Å². The first-order valence-electron chi connectivity index (χ1n) is 9.99. The second-order valence-electron chi connectivity index (χ2n) is 7.81. The van der Waals surface area contributed by atoms with Crippen LogP contribution in [0.2, 0.25) is 10.0 Å². The first kappa shape index (κ1) is 24.7. The van der Waals surface area contributed by atoms with Crippen LogP contribution in [0.15, 0.2) is 42.5 Å². The molecule has 1 aliphatic rings. The molecule has 13 heteroatoms. The van der Waals surface area contributed by atoms with E-state index in [-0.39, 0.29) is 29.7 Å². The second-order valence-corrected chi connectivity index (χ2v) is 8.62. The van der Waals surface area contributed by atoms with Crippen molar-refractivity contribution in [3.8, 4) is 0 Å². The minimum absolute atomic E-state index is 0.0639. The number of nitro benzene ring substituents is 2. The van der Waals surface area contributed by atoms with Crippen LogP contribution >= 0.6 is 23.2 Å². The van der Waals surface area contributed by atoms with E-state index in [0.717, 1.165) is 36.4 Å². The summed E-state index contributed by atoms with van der Waals surface area (Å²) >= 11 is 11.6. The third-order valence-electron chi connectivity index (χ3n) is 5.77. The van der Waals surface area contributed by atoms with Gasteiger partial charge in [-0.2, -0.15) is 0 Å². The second kappa shape index (κ2) is 9.31. The van der Waals surface area contributed by atoms with E-state index in [1.807, 2.05) is 0 Å². The molecular weight excluding hydrogens is 517 g/mol. The van der Waals surface area contributed by atoms with Gasteiger partial charge in [-0.05, 0) is 37.1 Å². The normalized spacial score (nSPS) is 17.6. The maximum atomic E-state index is 15.0. The van der Waals surface area contributed by atoms with E-state index < -0.39 is 66.6 Å². The summed E-state index contributed by atoms with van der Waals surface area (Å²) < 4.78 is 58.2. The topological polar surface area (TPSA) is 89.5 Å². The summed E-state index contributed by atoms with van der Waals surface area (Å²) in [6.07, 6.45) is 0.128. The van der Waals surface area contributed by atoms with Gasteiger partial charge in [-0.1, -0.05) is 23.2 Å². The molecular formula is C22H13Cl2F4N3O4. The van der Waals surface area contributed by atoms with Crippen LogP contribution in [0, 0.1) is 43.5 Å². The van der Waals surface area contributed by atoms with Crippen molar-refractivity contribution in [2.45, 2.75) is 24.9 Å². The fourth-order valence-electron chi connectivity index (χ4n) is 4.37. The van der Waals surface area contributed by atoms with Crippen molar-refractivity contribution in [2.75, 3.05) is 4.90 Å². The summed E-state index contributed by atoms with van der Waals surface area (Å²) in [6.45, 7) is 0. The summed E-state index contributed by atoms with van der Waals surface area (Å²) in [7, 11) is 0. The van der Waals surface area contributed by atoms with E-state index in [4.69, 9.17) is 23.2 Å². The molecule has 35 heavy (non-hydrogen) atoms. The molecule has 0 aliphatic carbocycles. The quantitative estimate of drug-likeness (QED) is 0.194. The van der Waals surface area contributed by atoms with Crippen molar-refractivity contribution in [2.24, 2.45) is 0 Å². The molecule has 0 aromatic heterocycles. The molecule has 0 amide bonds. The van der Waals surface area contributed by atoms with Crippen LogP contribution in [0.3, 0.4) is 0 Å². The summed E-state index contributed by atoms with van der Waals surface area (Å²) in [5, 5.41) is 21.8. The van der Waals surface area contributed by atoms with Gasteiger partial charge in [0, 0.05) is 35.0 Å². The Labute approximate surface area is 204 Å². The summed E-state index contributed by atoms with van der Waals surface area (Å²) in [5.74, 6) is -3.80. The Bertz CT molecular complexity index is 1280. The molecule has 0 radical (unpaired) electrons. The Balaban J connectivity index is 1.93. The highest BCUT2D eigenvalue weighted by Gasteiger charge is 2.40. The molecule has 0 unspecified atom stereocenters. The van der Waals surface area contributed by atoms with Crippen LogP contribution in [-0.2, 0) is 0 Å². The first-order valence-corrected chi connectivity index (χ1v) is 10.7. The Morgan fingerprint density at radius 1 is 0.714 bits per heavy atom. The predicted molar refractivity (Wildman–Crippen MR) is 120 cm³/mol. The lowest BCUT2D eigenvalue weighted by atomic mass is 10.0. The smallest absolute Gasteiger partial charge is 0.288 e. The molecule has 1 aliphatic heterocycles. The van der Waals surface area contributed by atoms with E-state index in [1.54, 1.807) is 0 Å². The van der Waals surface area contributed by atoms with Crippen molar-refractivity contribution < 1.29 is 27.4 Å². The average molecular weight is 530 g/mol. The molecule has 0 N–H and O–H groups in total. The van der Waals surface area contributed by atoms with E-state index in [1.165, 1.54) is 4.90 Å². The maximum Gasteiger partial charge on any atom is 0.288 e. The van der Waals surface area contributed by atoms with Crippen molar-refractivity contribution >= 4 is 40.3 Å². The van der Waals surface area contributed by atoms with Gasteiger partial charge in [0.1, 0.15) is 33.3 Å². The van der Waals surface area contributed by atoms with Crippen LogP contribution in [0.1, 0.15) is 36.1 Å². The average Bonchev–Trinajstić information content (AvgIpc) is 3.17. The fourth-order valence-corrected chi connectivity index (χ4v) is 4.81. The summed E-state index contributed by atoms with van der Waals surface area (Å²) in [4.78, 5) is 22.4. The molecule has 1 heterocycles. The monoisotopic (exact) mass is 529 g/mol. The van der Waals surface area contributed by atoms with E-state index in [0.29, 0.717) is 6.07 Å². The fraction of sp³-hybridized carbons (Fsp3) is 0.182. The molecule has 3 aromatic carbocycles. The highest BCUT2D eigenvalue weighted by Crippen LogP contribution is 2.50. The molecule has 1 fully saturated rings. The SMILES string of the molecule is O=[N+]([O-])c1cc([C@H]2CC[C@H](c3cc([N+](=O)[O-])c(Cl)cc3F)N2c2cc(F)cc(F)c2)c(F)cc1Cl. The van der Waals surface area contributed by atoms with E-state index in [2.05, 4.69) is 0 Å². The lowest BCUT2D eigenvalue weighted by Gasteiger charge is -2.33. The van der Waals surface area contributed by atoms with Gasteiger partial charge >= 0.3 is 0 Å². The minimum atomic E-state index is -1.05. The van der Waals surface area contributed by atoms with E-state index in [9.17, 15) is 37.8 Å². The Morgan fingerprint density at radius 2 is 1.11 bits per heavy atom. The number of hydrogen-bond donors (Lipinski definition) is 0. The zero-order valence-electron chi connectivity index (χ0n) is 17.4. The number of anilines is 1. The summed E-state index contributed by atoms with van der Waals surface area (Å²) in [5.41, 5.74) is -1.73. The molecule has 0 spiro atoms. The standard InChI is InChI=1S/C22H13Cl2F4N3O4/c23-15-8-17(27)13(6-21(15)30(32)33)19-1-2-20(29(19)12-4-10(25)3-11(26)5-12)14-7-22(31(34)35)16(24)9-18(14)28/h3-9,19-20H,1-2H2/t19-,20-/m1/s1. The van der Waals surface area contributed by atoms with Gasteiger partial charge in [0.15, 0.2) is 0 Å². The molecule has 3 aromatic rings. The Kier molecular flexibility index (Phi) is 6.56. The lowest BCUT2D eigenvalue weighted by molar-refractivity contribution is -0.384. The minimum Gasteiger partial charge on any atom is -0.357 e. The molecule has 0 saturated carbocycles. The molecule has 4 rings (SSSR count). The van der Waals surface area contributed by atoms with Gasteiger partial charge in [0.05, 0.1) is 21.9 Å². The molecule has 2 atom stereocenters. The number of rotatable bonds is 5. The van der Waals surface area contributed by atoms with Gasteiger partial charge in [0.2, 0.25) is 0 Å². The first-order chi connectivity index (χ1) is 16.5. The maximum absolute atomic E-state index is 15.0. The Hall–Kier alpha value is -3.44. The van der Waals surface area contributed by atoms with Gasteiger partial charge in [0.25, 0.3) is 11.4 Å². The number of nitro groups is 2. The van der Waals surface area contributed by atoms with Crippen molar-refractivity contribution in [1.29, 1.82) is 0 Å². The highest BCUT2D eigenvalue weighted by atomic mass is 35.5. The van der Waals surface area contributed by atoms with Crippen molar-refractivity contribution in [3.63, 3.8) is 0 Å². The largest absolute Gasteiger partial charge is 0.357 e. The van der Waals surface area contributed by atoms with Crippen LogP contribution < -0.4 is 4.90 Å². The number of nitrogens with zero attached hydrogens (tertiary/aromatic N) is 3. The molecule has 0 bridgehead atoms. The molecule has 182 valence electrons. The number of halogens is 6. The van der Waals surface area contributed by atoms with Crippen molar-refractivity contribution in [3.05, 3.63) is 107 Å². The van der Waals surface area contributed by atoms with Crippen LogP contribution in [0.5, 0.6) is 0 Å². The zero-order chi connectivity index (χ0) is 25.6. The number of benzene rings is 3. The molecule has 7 nitrogen and oxygen atoms in total. The Morgan fingerprint density at radius 3 is 1.49 bits per heavy atom. The summed E-state index contributed by atoms with van der Waals surface area (Å²) in [6, 6.07) is 3.68. The van der Waals surface area contributed by atoms with Crippen LogP contribution in [0.4, 0.5) is 34.6 Å². The van der Waals surface area contributed by atoms with Crippen LogP contribution in [0.25, 0.3) is 0 Å². The third-order valence-corrected chi connectivity index (χ3v) is 6.38. The highest BCUT2D eigenvalue weighted by molar-refractivity contribution is 6.33. The number of hydrogen-bond acceptors (Lipinski definition) is 5. The predicted octanol–water partition coefficient (Wildman–Crippen LogP) is 7.45. The van der Waals surface area contributed by atoms with Crippen molar-refractivity contribution in [1.82, 2.24) is 0 Å². The van der Waals surface area contributed by atoms with Gasteiger partial charge < -0.3 is 4.90 Å². The van der Waals surface area contributed by atoms with E-state index >= 15 is 0 Å². The van der Waals surface area contributed by atoms with Gasteiger partial charge in [-0.3, -0.25) is 20.2 Å². The third kappa shape index (κ3) is 4.61. The lowest BCUT2D eigenvalue weighted by Crippen LogP contribution is -2.27. The molecule has 1 saturated heterocycles. The zero-order valence-corrected chi connectivity index (χ0v) is 18.9. The van der Waals surface area contributed by atoms with Gasteiger partial charge in [-0.25, -0.2) is 17.6 Å². The van der Waals surface area contributed by atoms with Crippen LogP contribution in [-0.4, -0.2) is 9.85 Å².